The lowest BCUT2D eigenvalue weighted by molar-refractivity contribution is -0.138. The predicted molar refractivity (Wildman–Crippen MR) is 64.3 cm³/mol. The van der Waals surface area contributed by atoms with E-state index in [1.165, 1.54) is 13.8 Å². The van der Waals surface area contributed by atoms with Crippen LogP contribution < -0.4 is 5.73 Å². The number of halogens is 2. The van der Waals surface area contributed by atoms with Crippen molar-refractivity contribution in [1.82, 2.24) is 0 Å². The molecule has 3 N–H and O–H groups in total. The highest BCUT2D eigenvalue weighted by Gasteiger charge is 2.36. The minimum atomic E-state index is -1.15. The molecule has 1 aromatic carbocycles. The second kappa shape index (κ2) is 5.02. The molecule has 2 atom stereocenters. The fourth-order valence-corrected chi connectivity index (χ4v) is 1.90. The van der Waals surface area contributed by atoms with E-state index in [-0.39, 0.29) is 17.5 Å². The lowest BCUT2D eigenvalue weighted by Crippen LogP contribution is -2.43. The number of benzene rings is 1. The highest BCUT2D eigenvalue weighted by atomic mass is 19.1. The van der Waals surface area contributed by atoms with E-state index >= 15 is 0 Å². The van der Waals surface area contributed by atoms with Crippen LogP contribution in [0.5, 0.6) is 0 Å². The average molecular weight is 257 g/mol. The quantitative estimate of drug-likeness (QED) is 0.870. The Morgan fingerprint density at radius 3 is 2.44 bits per heavy atom. The first-order valence-corrected chi connectivity index (χ1v) is 5.62. The van der Waals surface area contributed by atoms with Gasteiger partial charge in [0.15, 0.2) is 0 Å². The molecule has 0 saturated carbocycles. The van der Waals surface area contributed by atoms with E-state index in [1.807, 2.05) is 0 Å². The highest BCUT2D eigenvalue weighted by Crippen LogP contribution is 2.33. The van der Waals surface area contributed by atoms with Crippen LogP contribution in [-0.4, -0.2) is 17.1 Å². The van der Waals surface area contributed by atoms with Gasteiger partial charge in [-0.2, -0.15) is 0 Å². The lowest BCUT2D eigenvalue weighted by atomic mass is 9.74. The van der Waals surface area contributed by atoms with Gasteiger partial charge in [0, 0.05) is 11.5 Å². The van der Waals surface area contributed by atoms with Gasteiger partial charge in [-0.05, 0) is 37.1 Å². The number of hydrogen-bond donors (Lipinski definition) is 2. The van der Waals surface area contributed by atoms with Crippen molar-refractivity contribution in [3.05, 3.63) is 34.9 Å². The van der Waals surface area contributed by atoms with Crippen LogP contribution in [0.25, 0.3) is 0 Å². The molecule has 0 aliphatic heterocycles. The first-order chi connectivity index (χ1) is 8.18. The molecule has 0 aliphatic rings. The van der Waals surface area contributed by atoms with E-state index in [0.717, 1.165) is 12.1 Å². The van der Waals surface area contributed by atoms with Gasteiger partial charge in [0.1, 0.15) is 11.6 Å². The Hall–Kier alpha value is -1.49. The standard InChI is InChI=1S/C13H17F2NO2/c1-7-4-11(15)9(5-10(7)14)13(3,8(2)16)6-12(17)18/h4-5,8H,6,16H2,1-3H3,(H,17,18). The smallest absolute Gasteiger partial charge is 0.304 e. The van der Waals surface area contributed by atoms with Crippen molar-refractivity contribution < 1.29 is 18.7 Å². The number of carboxylic acids is 1. The molecule has 0 radical (unpaired) electrons. The molecule has 1 rings (SSSR count). The third-order valence-electron chi connectivity index (χ3n) is 3.39. The van der Waals surface area contributed by atoms with Crippen LogP contribution in [0, 0.1) is 18.6 Å². The van der Waals surface area contributed by atoms with Crippen LogP contribution >= 0.6 is 0 Å². The van der Waals surface area contributed by atoms with Gasteiger partial charge in [0.25, 0.3) is 0 Å². The molecule has 0 saturated heterocycles. The maximum atomic E-state index is 13.9. The summed E-state index contributed by atoms with van der Waals surface area (Å²) in [6, 6.07) is 1.48. The topological polar surface area (TPSA) is 63.3 Å². The van der Waals surface area contributed by atoms with Gasteiger partial charge in [-0.3, -0.25) is 4.79 Å². The molecule has 5 heteroatoms. The van der Waals surface area contributed by atoms with E-state index in [4.69, 9.17) is 10.8 Å². The van der Waals surface area contributed by atoms with E-state index in [2.05, 4.69) is 0 Å². The zero-order valence-corrected chi connectivity index (χ0v) is 10.6. The summed E-state index contributed by atoms with van der Waals surface area (Å²) >= 11 is 0. The number of nitrogens with two attached hydrogens (primary N) is 1. The molecule has 100 valence electrons. The third kappa shape index (κ3) is 2.67. The van der Waals surface area contributed by atoms with Gasteiger partial charge in [-0.1, -0.05) is 6.92 Å². The van der Waals surface area contributed by atoms with Gasteiger partial charge >= 0.3 is 5.97 Å². The average Bonchev–Trinajstić information content (AvgIpc) is 2.21. The summed E-state index contributed by atoms with van der Waals surface area (Å²) in [6.07, 6.45) is -0.357. The second-order valence-corrected chi connectivity index (χ2v) is 4.86. The SMILES string of the molecule is Cc1cc(F)c(C(C)(CC(=O)O)C(C)N)cc1F. The monoisotopic (exact) mass is 257 g/mol. The molecule has 0 aromatic heterocycles. The van der Waals surface area contributed by atoms with Crippen molar-refractivity contribution in [3.63, 3.8) is 0 Å². The van der Waals surface area contributed by atoms with E-state index in [1.54, 1.807) is 6.92 Å². The van der Waals surface area contributed by atoms with Crippen LogP contribution in [0.15, 0.2) is 12.1 Å². The van der Waals surface area contributed by atoms with Crippen LogP contribution in [0.1, 0.15) is 31.4 Å². The molecule has 0 heterocycles. The number of carboxylic acid groups (broad SMARTS) is 1. The molecular weight excluding hydrogens is 240 g/mol. The number of aryl methyl sites for hydroxylation is 1. The highest BCUT2D eigenvalue weighted by molar-refractivity contribution is 5.69. The van der Waals surface area contributed by atoms with E-state index in [9.17, 15) is 13.6 Å². The van der Waals surface area contributed by atoms with Crippen LogP contribution in [0.3, 0.4) is 0 Å². The van der Waals surface area contributed by atoms with E-state index < -0.39 is 29.1 Å². The summed E-state index contributed by atoms with van der Waals surface area (Å²) in [4.78, 5) is 10.9. The van der Waals surface area contributed by atoms with Crippen molar-refractivity contribution >= 4 is 5.97 Å². The molecule has 1 aromatic rings. The van der Waals surface area contributed by atoms with Gasteiger partial charge < -0.3 is 10.8 Å². The van der Waals surface area contributed by atoms with Gasteiger partial charge in [-0.25, -0.2) is 8.78 Å². The fraction of sp³-hybridized carbons (Fsp3) is 0.462. The van der Waals surface area contributed by atoms with Gasteiger partial charge in [0.05, 0.1) is 6.42 Å². The summed E-state index contributed by atoms with van der Waals surface area (Å²) in [5, 5.41) is 8.90. The zero-order chi connectivity index (χ0) is 14.1. The largest absolute Gasteiger partial charge is 0.481 e. The van der Waals surface area contributed by atoms with Gasteiger partial charge in [0.2, 0.25) is 0 Å². The number of hydrogen-bond acceptors (Lipinski definition) is 2. The third-order valence-corrected chi connectivity index (χ3v) is 3.39. The summed E-state index contributed by atoms with van der Waals surface area (Å²) in [6.45, 7) is 4.56. The number of carbonyl (C=O) groups is 1. The van der Waals surface area contributed by atoms with Crippen LogP contribution in [-0.2, 0) is 10.2 Å². The summed E-state index contributed by atoms with van der Waals surface area (Å²) in [5.41, 5.74) is 4.79. The lowest BCUT2D eigenvalue weighted by Gasteiger charge is -2.33. The molecule has 0 aliphatic carbocycles. The molecule has 0 amide bonds. The van der Waals surface area contributed by atoms with Crippen molar-refractivity contribution in [1.29, 1.82) is 0 Å². The van der Waals surface area contributed by atoms with Crippen LogP contribution in [0.2, 0.25) is 0 Å². The molecule has 2 unspecified atom stereocenters. The summed E-state index contributed by atoms with van der Waals surface area (Å²) in [7, 11) is 0. The normalized spacial score (nSPS) is 16.1. The van der Waals surface area contributed by atoms with E-state index in [0.29, 0.717) is 0 Å². The molecule has 0 fully saturated rings. The maximum Gasteiger partial charge on any atom is 0.304 e. The Morgan fingerprint density at radius 2 is 2.00 bits per heavy atom. The molecule has 18 heavy (non-hydrogen) atoms. The first-order valence-electron chi connectivity index (χ1n) is 5.62. The molecule has 0 spiro atoms. The van der Waals surface area contributed by atoms with Gasteiger partial charge in [-0.15, -0.1) is 0 Å². The summed E-state index contributed by atoms with van der Waals surface area (Å²) in [5.74, 6) is -2.30. The second-order valence-electron chi connectivity index (χ2n) is 4.86. The minimum absolute atomic E-state index is 0.00278. The molecule has 0 bridgehead atoms. The Bertz CT molecular complexity index is 474. The Kier molecular flexibility index (Phi) is 4.06. The number of aliphatic carboxylic acids is 1. The zero-order valence-electron chi connectivity index (χ0n) is 10.6. The molecule has 3 nitrogen and oxygen atoms in total. The van der Waals surface area contributed by atoms with Crippen molar-refractivity contribution in [2.24, 2.45) is 5.73 Å². The summed E-state index contributed by atoms with van der Waals surface area (Å²) < 4.78 is 27.5. The van der Waals surface area contributed by atoms with Crippen LogP contribution in [0.4, 0.5) is 8.78 Å². The van der Waals surface area contributed by atoms with Crippen molar-refractivity contribution in [2.45, 2.75) is 38.6 Å². The molecular formula is C13H17F2NO2. The first kappa shape index (κ1) is 14.6. The number of rotatable bonds is 4. The fourth-order valence-electron chi connectivity index (χ4n) is 1.90. The Labute approximate surface area is 105 Å². The Balaban J connectivity index is 3.39. The van der Waals surface area contributed by atoms with Crippen molar-refractivity contribution in [2.75, 3.05) is 0 Å². The maximum absolute atomic E-state index is 13.9. The Morgan fingerprint density at radius 1 is 1.44 bits per heavy atom. The van der Waals surface area contributed by atoms with Crippen molar-refractivity contribution in [3.8, 4) is 0 Å². The minimum Gasteiger partial charge on any atom is -0.481 e. The predicted octanol–water partition coefficient (Wildman–Crippen LogP) is 2.35.